The van der Waals surface area contributed by atoms with E-state index in [0.29, 0.717) is 25.9 Å². The van der Waals surface area contributed by atoms with E-state index in [0.717, 1.165) is 10.1 Å². The number of nitrogens with one attached hydrogen (secondary N) is 3. The van der Waals surface area contributed by atoms with Crippen LogP contribution in [0.15, 0.2) is 65.6 Å². The van der Waals surface area contributed by atoms with Crippen molar-refractivity contribution in [3.05, 3.63) is 92.5 Å². The molecule has 4 rings (SSSR count). The van der Waals surface area contributed by atoms with Gasteiger partial charge in [0.15, 0.2) is 0 Å². The minimum Gasteiger partial charge on any atom is -0.467 e. The predicted molar refractivity (Wildman–Crippen MR) is 160 cm³/mol. The van der Waals surface area contributed by atoms with Crippen LogP contribution in [0, 0.1) is 0 Å². The lowest BCUT2D eigenvalue weighted by molar-refractivity contribution is -0.143. The Balaban J connectivity index is 1.43. The summed E-state index contributed by atoms with van der Waals surface area (Å²) in [6.07, 6.45) is 2.25. The van der Waals surface area contributed by atoms with Gasteiger partial charge in [-0.3, -0.25) is 14.2 Å². The number of benzene rings is 2. The first-order valence-electron chi connectivity index (χ1n) is 13.3. The lowest BCUT2D eigenvalue weighted by Crippen LogP contribution is -2.57. The molecule has 2 heterocycles. The van der Waals surface area contributed by atoms with Crippen LogP contribution in [0.4, 0.5) is 10.6 Å². The van der Waals surface area contributed by atoms with E-state index in [1.165, 1.54) is 38.4 Å². The van der Waals surface area contributed by atoms with Crippen LogP contribution in [0.25, 0.3) is 0 Å². The van der Waals surface area contributed by atoms with E-state index in [2.05, 4.69) is 20.9 Å². The number of carbonyl (C=O) groups is 4. The summed E-state index contributed by atoms with van der Waals surface area (Å²) < 4.78 is 5.96. The monoisotopic (exact) mass is 628 g/mol. The summed E-state index contributed by atoms with van der Waals surface area (Å²) in [7, 11) is 1.17. The smallest absolute Gasteiger partial charge is 0.349 e. The van der Waals surface area contributed by atoms with Gasteiger partial charge in [-0.05, 0) is 36.6 Å². The highest BCUT2D eigenvalue weighted by Gasteiger charge is 2.38. The first-order valence-corrected chi connectivity index (χ1v) is 14.1. The van der Waals surface area contributed by atoms with Crippen molar-refractivity contribution in [3.8, 4) is 0 Å². The van der Waals surface area contributed by atoms with Crippen LogP contribution in [0.1, 0.15) is 35.7 Å². The normalized spacial score (nSPS) is 14.7. The van der Waals surface area contributed by atoms with Crippen molar-refractivity contribution in [2.45, 2.75) is 37.9 Å². The average molecular weight is 630 g/mol. The largest absolute Gasteiger partial charge is 0.467 e. The number of hydrogen-bond acceptors (Lipinski definition) is 7. The number of halogens is 2. The molecule has 3 N–H and O–H groups in total. The number of urea groups is 1. The third kappa shape index (κ3) is 7.51. The van der Waals surface area contributed by atoms with E-state index in [4.69, 9.17) is 27.9 Å². The van der Waals surface area contributed by atoms with E-state index in [1.54, 1.807) is 11.0 Å². The van der Waals surface area contributed by atoms with Crippen LogP contribution in [0.2, 0.25) is 10.0 Å². The molecule has 1 saturated heterocycles. The van der Waals surface area contributed by atoms with E-state index < -0.39 is 35.2 Å². The Bertz CT molecular complexity index is 1550. The van der Waals surface area contributed by atoms with Gasteiger partial charge < -0.3 is 25.6 Å². The summed E-state index contributed by atoms with van der Waals surface area (Å²) in [6.45, 7) is 1.79. The topological polar surface area (TPSA) is 152 Å². The van der Waals surface area contributed by atoms with Gasteiger partial charge in [0.1, 0.15) is 11.9 Å². The molecular formula is C29H30Cl2N6O6. The highest BCUT2D eigenvalue weighted by Crippen LogP contribution is 2.33. The number of methoxy groups -OCH3 is 1. The van der Waals surface area contributed by atoms with Crippen LogP contribution in [-0.4, -0.2) is 64.5 Å². The molecule has 14 heteroatoms. The van der Waals surface area contributed by atoms with Gasteiger partial charge in [0, 0.05) is 26.2 Å². The van der Waals surface area contributed by atoms with Crippen LogP contribution in [0.5, 0.6) is 0 Å². The zero-order chi connectivity index (χ0) is 31.1. The molecule has 0 spiro atoms. The van der Waals surface area contributed by atoms with Gasteiger partial charge >= 0.3 is 17.7 Å². The lowest BCUT2D eigenvalue weighted by atomic mass is 9.81. The molecule has 0 saturated carbocycles. The molecule has 0 unspecified atom stereocenters. The minimum atomic E-state index is -1.21. The summed E-state index contributed by atoms with van der Waals surface area (Å²) >= 11 is 12.2. The number of piperidine rings is 1. The zero-order valence-corrected chi connectivity index (χ0v) is 24.9. The van der Waals surface area contributed by atoms with Crippen LogP contribution in [0.3, 0.4) is 0 Å². The summed E-state index contributed by atoms with van der Waals surface area (Å²) in [6, 6.07) is 13.8. The second-order valence-electron chi connectivity index (χ2n) is 9.94. The maximum Gasteiger partial charge on any atom is 0.349 e. The maximum absolute atomic E-state index is 13.2. The maximum atomic E-state index is 13.2. The van der Waals surface area contributed by atoms with E-state index in [9.17, 15) is 24.0 Å². The number of carbonyl (C=O) groups excluding carboxylic acids is 4. The number of anilines is 1. The molecule has 43 heavy (non-hydrogen) atoms. The van der Waals surface area contributed by atoms with Crippen molar-refractivity contribution in [1.82, 2.24) is 25.1 Å². The fraction of sp³-hybridized carbons (Fsp3) is 0.310. The van der Waals surface area contributed by atoms with Gasteiger partial charge in [-0.25, -0.2) is 14.4 Å². The van der Waals surface area contributed by atoms with Crippen molar-refractivity contribution in [1.29, 1.82) is 0 Å². The quantitative estimate of drug-likeness (QED) is 0.324. The number of nitrogens with zero attached hydrogens (tertiary/aromatic N) is 3. The fourth-order valence-corrected chi connectivity index (χ4v) is 5.53. The number of hydrogen-bond donors (Lipinski definition) is 3. The Morgan fingerprint density at radius 2 is 1.65 bits per heavy atom. The number of amides is 4. The Kier molecular flexibility index (Phi) is 10.0. The standard InChI is InChI=1S/C29H30Cl2N6O6/c1-18(38)35-29(19-7-4-3-5-8-19)12-15-36(16-13-29)27(41)32-22(26(40)43-2)17-37-14-11-23(34-28(37)42)33-25(39)24-20(30)9-6-10-21(24)31/h3-11,14,22H,12-13,15-17H2,1-2H3,(H,32,41)(H,35,38)(H,33,34,39,42)/t22-/m0/s1. The van der Waals surface area contributed by atoms with Gasteiger partial charge in [-0.1, -0.05) is 59.6 Å². The van der Waals surface area contributed by atoms with Crippen molar-refractivity contribution >= 4 is 52.8 Å². The molecule has 0 bridgehead atoms. The highest BCUT2D eigenvalue weighted by atomic mass is 35.5. The Morgan fingerprint density at radius 3 is 2.23 bits per heavy atom. The molecule has 4 amide bonds. The second-order valence-corrected chi connectivity index (χ2v) is 10.8. The molecule has 1 aromatic heterocycles. The zero-order valence-electron chi connectivity index (χ0n) is 23.4. The molecular weight excluding hydrogens is 599 g/mol. The lowest BCUT2D eigenvalue weighted by Gasteiger charge is -2.42. The Morgan fingerprint density at radius 1 is 1.00 bits per heavy atom. The molecule has 1 fully saturated rings. The fourth-order valence-electron chi connectivity index (χ4n) is 4.96. The summed E-state index contributed by atoms with van der Waals surface area (Å²) in [4.78, 5) is 68.6. The summed E-state index contributed by atoms with van der Waals surface area (Å²) in [5, 5.41) is 8.43. The minimum absolute atomic E-state index is 0.0288. The third-order valence-corrected chi connectivity index (χ3v) is 7.74. The second kappa shape index (κ2) is 13.7. The first-order chi connectivity index (χ1) is 20.5. The number of aromatic nitrogens is 2. The van der Waals surface area contributed by atoms with Crippen LogP contribution >= 0.6 is 23.2 Å². The number of rotatable bonds is 8. The van der Waals surface area contributed by atoms with Crippen molar-refractivity contribution < 1.29 is 23.9 Å². The molecule has 1 aliphatic heterocycles. The SMILES string of the molecule is COC(=O)[C@H](Cn1ccc(NC(=O)c2c(Cl)cccc2Cl)nc1=O)NC(=O)N1CCC(NC(C)=O)(c2ccccc2)CC1. The molecule has 3 aromatic rings. The summed E-state index contributed by atoms with van der Waals surface area (Å²) in [5.41, 5.74) is -0.439. The van der Waals surface area contributed by atoms with Crippen LogP contribution < -0.4 is 21.6 Å². The van der Waals surface area contributed by atoms with E-state index in [-0.39, 0.29) is 33.9 Å². The molecule has 2 aromatic carbocycles. The number of likely N-dealkylation sites (tertiary alicyclic amines) is 1. The van der Waals surface area contributed by atoms with Gasteiger partial charge in [-0.15, -0.1) is 0 Å². The molecule has 12 nitrogen and oxygen atoms in total. The average Bonchev–Trinajstić information content (AvgIpc) is 2.98. The summed E-state index contributed by atoms with van der Waals surface area (Å²) in [5.74, 6) is -1.66. The first kappa shape index (κ1) is 31.5. The molecule has 1 atom stereocenters. The Labute approximate surface area is 257 Å². The van der Waals surface area contributed by atoms with Crippen molar-refractivity contribution in [2.75, 3.05) is 25.5 Å². The predicted octanol–water partition coefficient (Wildman–Crippen LogP) is 3.18. The third-order valence-electron chi connectivity index (χ3n) is 7.11. The van der Waals surface area contributed by atoms with Gasteiger partial charge in [0.25, 0.3) is 5.91 Å². The van der Waals surface area contributed by atoms with Crippen LogP contribution in [-0.2, 0) is 26.4 Å². The molecule has 226 valence electrons. The van der Waals surface area contributed by atoms with Gasteiger partial charge in [-0.2, -0.15) is 4.98 Å². The van der Waals surface area contributed by atoms with Gasteiger partial charge in [0.2, 0.25) is 5.91 Å². The number of ether oxygens (including phenoxy) is 1. The van der Waals surface area contributed by atoms with Crippen molar-refractivity contribution in [3.63, 3.8) is 0 Å². The molecule has 0 radical (unpaired) electrons. The van der Waals surface area contributed by atoms with Crippen molar-refractivity contribution in [2.24, 2.45) is 0 Å². The van der Waals surface area contributed by atoms with Gasteiger partial charge in [0.05, 0.1) is 34.8 Å². The molecule has 1 aliphatic rings. The van der Waals surface area contributed by atoms with E-state index >= 15 is 0 Å². The number of esters is 1. The Hall–Kier alpha value is -4.42. The highest BCUT2D eigenvalue weighted by molar-refractivity contribution is 6.40. The van der Waals surface area contributed by atoms with E-state index in [1.807, 2.05) is 30.3 Å². The molecule has 0 aliphatic carbocycles.